The third-order valence-electron chi connectivity index (χ3n) is 2.41. The lowest BCUT2D eigenvalue weighted by molar-refractivity contribution is 0.494. The van der Waals surface area contributed by atoms with Gasteiger partial charge in [-0.25, -0.2) is 18.6 Å². The molecule has 0 saturated heterocycles. The third-order valence-corrected chi connectivity index (χ3v) is 3.83. The van der Waals surface area contributed by atoms with Crippen LogP contribution in [-0.4, -0.2) is 0 Å². The Kier molecular flexibility index (Phi) is 3.91. The summed E-state index contributed by atoms with van der Waals surface area (Å²) in [6, 6.07) is 1.83. The van der Waals surface area contributed by atoms with Gasteiger partial charge in [0, 0.05) is 22.6 Å². The second kappa shape index (κ2) is 5.27. The predicted molar refractivity (Wildman–Crippen MR) is 64.8 cm³/mol. The van der Waals surface area contributed by atoms with Crippen molar-refractivity contribution in [1.29, 1.82) is 0 Å². The summed E-state index contributed by atoms with van der Waals surface area (Å²) in [5.41, 5.74) is 1.93. The number of hydrogen-bond acceptors (Lipinski definition) is 3. The number of nitrogens with one attached hydrogen (secondary N) is 1. The van der Waals surface area contributed by atoms with Crippen LogP contribution in [0.1, 0.15) is 16.5 Å². The van der Waals surface area contributed by atoms with E-state index in [0.717, 1.165) is 0 Å². The molecule has 0 aliphatic carbocycles. The van der Waals surface area contributed by atoms with E-state index in [1.165, 1.54) is 11.3 Å². The van der Waals surface area contributed by atoms with Crippen LogP contribution >= 0.6 is 22.9 Å². The van der Waals surface area contributed by atoms with Gasteiger partial charge in [0.1, 0.15) is 17.5 Å². The molecule has 96 valence electrons. The monoisotopic (exact) mass is 292 g/mol. The molecule has 2 rings (SSSR count). The molecule has 7 heteroatoms. The number of nitrogens with two attached hydrogens (primary N) is 1. The van der Waals surface area contributed by atoms with E-state index in [2.05, 4.69) is 5.43 Å². The first kappa shape index (κ1) is 13.4. The standard InChI is InChI=1S/C11H8ClF3N2S/c12-6-1-2-18-11(6)10(17-16)9-7(14)3-5(13)4-8(9)15/h1-4,10,17H,16H2. The highest BCUT2D eigenvalue weighted by Crippen LogP contribution is 2.34. The maximum Gasteiger partial charge on any atom is 0.134 e. The zero-order valence-corrected chi connectivity index (χ0v) is 10.5. The first-order valence-corrected chi connectivity index (χ1v) is 6.13. The van der Waals surface area contributed by atoms with Gasteiger partial charge in [-0.2, -0.15) is 0 Å². The van der Waals surface area contributed by atoms with Crippen LogP contribution in [0.2, 0.25) is 5.02 Å². The molecule has 1 aromatic carbocycles. The molecule has 0 aliphatic heterocycles. The van der Waals surface area contributed by atoms with E-state index in [-0.39, 0.29) is 5.56 Å². The average molecular weight is 293 g/mol. The van der Waals surface area contributed by atoms with Crippen molar-refractivity contribution >= 4 is 22.9 Å². The summed E-state index contributed by atoms with van der Waals surface area (Å²) in [6.07, 6.45) is 0. The largest absolute Gasteiger partial charge is 0.271 e. The average Bonchev–Trinajstić information content (AvgIpc) is 2.69. The maximum atomic E-state index is 13.7. The third kappa shape index (κ3) is 2.37. The van der Waals surface area contributed by atoms with Gasteiger partial charge in [0.05, 0.1) is 11.1 Å². The van der Waals surface area contributed by atoms with Crippen LogP contribution in [0, 0.1) is 17.5 Å². The number of halogens is 4. The van der Waals surface area contributed by atoms with E-state index in [1.54, 1.807) is 11.4 Å². The Morgan fingerprint density at radius 1 is 1.22 bits per heavy atom. The Morgan fingerprint density at radius 2 is 1.83 bits per heavy atom. The lowest BCUT2D eigenvalue weighted by Crippen LogP contribution is -2.30. The van der Waals surface area contributed by atoms with E-state index < -0.39 is 23.5 Å². The highest BCUT2D eigenvalue weighted by atomic mass is 35.5. The van der Waals surface area contributed by atoms with Gasteiger partial charge in [0.15, 0.2) is 0 Å². The van der Waals surface area contributed by atoms with Crippen LogP contribution in [0.15, 0.2) is 23.6 Å². The first-order valence-electron chi connectivity index (χ1n) is 4.88. The molecular formula is C11H8ClF3N2S. The highest BCUT2D eigenvalue weighted by molar-refractivity contribution is 7.10. The second-order valence-corrected chi connectivity index (χ2v) is 4.87. The molecule has 0 fully saturated rings. The van der Waals surface area contributed by atoms with Crippen LogP contribution in [0.3, 0.4) is 0 Å². The Bertz CT molecular complexity index is 550. The highest BCUT2D eigenvalue weighted by Gasteiger charge is 2.24. The van der Waals surface area contributed by atoms with Crippen molar-refractivity contribution in [3.8, 4) is 0 Å². The fourth-order valence-corrected chi connectivity index (χ4v) is 2.86. The molecule has 2 nitrogen and oxygen atoms in total. The van der Waals surface area contributed by atoms with E-state index in [0.29, 0.717) is 22.0 Å². The molecule has 0 amide bonds. The molecule has 0 spiro atoms. The van der Waals surface area contributed by atoms with E-state index in [9.17, 15) is 13.2 Å². The van der Waals surface area contributed by atoms with Gasteiger partial charge in [-0.05, 0) is 11.4 Å². The molecule has 0 aliphatic rings. The van der Waals surface area contributed by atoms with Gasteiger partial charge in [0.2, 0.25) is 0 Å². The lowest BCUT2D eigenvalue weighted by Gasteiger charge is -2.17. The molecule has 0 saturated carbocycles. The smallest absolute Gasteiger partial charge is 0.134 e. The van der Waals surface area contributed by atoms with Gasteiger partial charge in [-0.3, -0.25) is 5.84 Å². The maximum absolute atomic E-state index is 13.7. The Labute approximate surface area is 110 Å². The Balaban J connectivity index is 2.56. The molecule has 18 heavy (non-hydrogen) atoms. The zero-order valence-electron chi connectivity index (χ0n) is 8.88. The van der Waals surface area contributed by atoms with Crippen molar-refractivity contribution in [3.05, 3.63) is 56.5 Å². The molecular weight excluding hydrogens is 285 g/mol. The zero-order chi connectivity index (χ0) is 13.3. The van der Waals surface area contributed by atoms with Crippen molar-refractivity contribution in [2.24, 2.45) is 5.84 Å². The molecule has 1 aromatic heterocycles. The van der Waals surface area contributed by atoms with Crippen LogP contribution in [0.25, 0.3) is 0 Å². The molecule has 0 bridgehead atoms. The molecule has 3 N–H and O–H groups in total. The molecule has 1 heterocycles. The lowest BCUT2D eigenvalue weighted by atomic mass is 10.0. The van der Waals surface area contributed by atoms with E-state index in [1.807, 2.05) is 0 Å². The summed E-state index contributed by atoms with van der Waals surface area (Å²) in [5, 5.41) is 2.01. The summed E-state index contributed by atoms with van der Waals surface area (Å²) in [5.74, 6) is 2.30. The van der Waals surface area contributed by atoms with Crippen molar-refractivity contribution in [2.75, 3.05) is 0 Å². The van der Waals surface area contributed by atoms with Crippen molar-refractivity contribution in [1.82, 2.24) is 5.43 Å². The summed E-state index contributed by atoms with van der Waals surface area (Å²) >= 11 is 7.09. The Morgan fingerprint density at radius 3 is 2.28 bits per heavy atom. The van der Waals surface area contributed by atoms with Crippen molar-refractivity contribution in [3.63, 3.8) is 0 Å². The van der Waals surface area contributed by atoms with Crippen LogP contribution in [0.4, 0.5) is 13.2 Å². The number of hydrazine groups is 1. The van der Waals surface area contributed by atoms with Crippen LogP contribution in [-0.2, 0) is 0 Å². The van der Waals surface area contributed by atoms with Gasteiger partial charge in [-0.15, -0.1) is 11.3 Å². The second-order valence-electron chi connectivity index (χ2n) is 3.52. The molecule has 1 atom stereocenters. The quantitative estimate of drug-likeness (QED) is 0.672. The topological polar surface area (TPSA) is 38.0 Å². The summed E-state index contributed by atoms with van der Waals surface area (Å²) in [6.45, 7) is 0. The SMILES string of the molecule is NNC(c1sccc1Cl)c1c(F)cc(F)cc1F. The minimum Gasteiger partial charge on any atom is -0.271 e. The predicted octanol–water partition coefficient (Wildman–Crippen LogP) is 3.37. The molecule has 2 aromatic rings. The fourth-order valence-electron chi connectivity index (χ4n) is 1.63. The van der Waals surface area contributed by atoms with Crippen LogP contribution in [0.5, 0.6) is 0 Å². The number of hydrogen-bond donors (Lipinski definition) is 2. The number of benzene rings is 1. The Hall–Kier alpha value is -1.08. The van der Waals surface area contributed by atoms with Crippen molar-refractivity contribution in [2.45, 2.75) is 6.04 Å². The number of rotatable bonds is 3. The van der Waals surface area contributed by atoms with Gasteiger partial charge in [-0.1, -0.05) is 11.6 Å². The fraction of sp³-hybridized carbons (Fsp3) is 0.0909. The summed E-state index contributed by atoms with van der Waals surface area (Å²) in [4.78, 5) is 0.462. The van der Waals surface area contributed by atoms with E-state index >= 15 is 0 Å². The van der Waals surface area contributed by atoms with E-state index in [4.69, 9.17) is 17.4 Å². The number of thiophene rings is 1. The normalized spacial score (nSPS) is 12.7. The minimum atomic E-state index is -1.01. The molecule has 1 unspecified atom stereocenters. The van der Waals surface area contributed by atoms with Gasteiger partial charge >= 0.3 is 0 Å². The minimum absolute atomic E-state index is 0.339. The van der Waals surface area contributed by atoms with Crippen molar-refractivity contribution < 1.29 is 13.2 Å². The summed E-state index contributed by atoms with van der Waals surface area (Å²) in [7, 11) is 0. The summed E-state index contributed by atoms with van der Waals surface area (Å²) < 4.78 is 40.2. The van der Waals surface area contributed by atoms with Gasteiger partial charge in [0.25, 0.3) is 0 Å². The van der Waals surface area contributed by atoms with Crippen LogP contribution < -0.4 is 11.3 Å². The van der Waals surface area contributed by atoms with Gasteiger partial charge < -0.3 is 0 Å². The first-order chi connectivity index (χ1) is 8.54. The molecule has 0 radical (unpaired) electrons.